The standard InChI is InChI=1S/C4H4O4.Sn/c5-3(6)1-2-4(7)8;/h1-2H,(H,5,6)(H,7,8);/p-2/b2-1-;. The zero-order chi connectivity index (χ0) is 6.57. The summed E-state index contributed by atoms with van der Waals surface area (Å²) in [5.41, 5.74) is 0. The Morgan fingerprint density at radius 3 is 1.33 bits per heavy atom. The summed E-state index contributed by atoms with van der Waals surface area (Å²) in [6.07, 6.45) is 0.769. The van der Waals surface area contributed by atoms with Gasteiger partial charge in [0.2, 0.25) is 0 Å². The quantitative estimate of drug-likeness (QED) is 0.368. The van der Waals surface area contributed by atoms with Crippen molar-refractivity contribution in [3.8, 4) is 0 Å². The molecular weight excluding hydrogens is 231 g/mol. The molecule has 4 nitrogen and oxygen atoms in total. The van der Waals surface area contributed by atoms with E-state index >= 15 is 0 Å². The van der Waals surface area contributed by atoms with Gasteiger partial charge < -0.3 is 19.8 Å². The molecule has 0 fully saturated rings. The molecule has 0 aromatic rings. The number of carboxylic acid groups (broad SMARTS) is 2. The van der Waals surface area contributed by atoms with Crippen LogP contribution in [0.2, 0.25) is 0 Å². The van der Waals surface area contributed by atoms with Gasteiger partial charge in [-0.25, -0.2) is 0 Å². The summed E-state index contributed by atoms with van der Waals surface area (Å²) < 4.78 is 0. The first-order valence-electron chi connectivity index (χ1n) is 1.73. The summed E-state index contributed by atoms with van der Waals surface area (Å²) >= 11 is 0. The van der Waals surface area contributed by atoms with Gasteiger partial charge in [0.1, 0.15) is 0 Å². The Bertz CT molecular complexity index is 124. The Hall–Kier alpha value is -0.521. The number of carboxylic acids is 2. The maximum atomic E-state index is 9.41. The molecule has 5 heteroatoms. The second-order valence-electron chi connectivity index (χ2n) is 0.971. The normalized spacial score (nSPS) is 8.44. The van der Waals surface area contributed by atoms with Crippen LogP contribution in [0.4, 0.5) is 0 Å². The van der Waals surface area contributed by atoms with Crippen molar-refractivity contribution in [2.24, 2.45) is 0 Å². The summed E-state index contributed by atoms with van der Waals surface area (Å²) in [7, 11) is 0. The molecule has 0 aliphatic heterocycles. The third kappa shape index (κ3) is 11.2. The van der Waals surface area contributed by atoms with Crippen LogP contribution >= 0.6 is 0 Å². The number of carbonyl (C=O) groups excluding carboxylic acids is 2. The molecule has 0 aromatic heterocycles. The SMILES string of the molecule is O=C([O-])/C=C\C(=O)[O-].[Sn]. The van der Waals surface area contributed by atoms with Gasteiger partial charge in [0.15, 0.2) is 0 Å². The Morgan fingerprint density at radius 1 is 1.00 bits per heavy atom. The molecular formula is C4H2O4Sn-2. The largest absolute Gasteiger partial charge is 0.545 e. The minimum atomic E-state index is -1.55. The Kier molecular flexibility index (Phi) is 7.05. The van der Waals surface area contributed by atoms with Crippen LogP contribution in [0, 0.1) is 0 Å². The van der Waals surface area contributed by atoms with E-state index in [9.17, 15) is 19.8 Å². The van der Waals surface area contributed by atoms with Gasteiger partial charge in [-0.15, -0.1) is 0 Å². The molecule has 0 unspecified atom stereocenters. The second-order valence-corrected chi connectivity index (χ2v) is 0.971. The molecule has 0 N–H and O–H groups in total. The van der Waals surface area contributed by atoms with Crippen LogP contribution in [0.25, 0.3) is 0 Å². The molecule has 0 spiro atoms. The van der Waals surface area contributed by atoms with Gasteiger partial charge in [0, 0.05) is 23.9 Å². The molecule has 0 aromatic carbocycles. The van der Waals surface area contributed by atoms with Crippen LogP contribution in [-0.4, -0.2) is 35.8 Å². The second kappa shape index (κ2) is 5.61. The van der Waals surface area contributed by atoms with E-state index in [1.807, 2.05) is 0 Å². The smallest absolute Gasteiger partial charge is 0.0643 e. The molecule has 0 rings (SSSR count). The Morgan fingerprint density at radius 2 is 1.22 bits per heavy atom. The number of rotatable bonds is 2. The van der Waals surface area contributed by atoms with Crippen molar-refractivity contribution in [1.29, 1.82) is 0 Å². The zero-order valence-corrected chi connectivity index (χ0v) is 7.14. The summed E-state index contributed by atoms with van der Waals surface area (Å²) in [5.74, 6) is -3.09. The average molecular weight is 233 g/mol. The van der Waals surface area contributed by atoms with Crippen LogP contribution in [0.3, 0.4) is 0 Å². The van der Waals surface area contributed by atoms with Crippen LogP contribution in [0.1, 0.15) is 0 Å². The molecule has 0 bridgehead atoms. The third-order valence-electron chi connectivity index (χ3n) is 0.355. The molecule has 0 atom stereocenters. The van der Waals surface area contributed by atoms with E-state index in [4.69, 9.17) is 0 Å². The monoisotopic (exact) mass is 234 g/mol. The van der Waals surface area contributed by atoms with Crippen molar-refractivity contribution in [2.75, 3.05) is 0 Å². The molecule has 0 amide bonds. The number of carbonyl (C=O) groups is 2. The van der Waals surface area contributed by atoms with Crippen molar-refractivity contribution < 1.29 is 19.8 Å². The van der Waals surface area contributed by atoms with Gasteiger partial charge in [-0.1, -0.05) is 0 Å². The molecule has 0 saturated carbocycles. The molecule has 0 aliphatic carbocycles. The van der Waals surface area contributed by atoms with E-state index < -0.39 is 11.9 Å². The first-order chi connectivity index (χ1) is 3.63. The predicted molar refractivity (Wildman–Crippen MR) is 24.9 cm³/mol. The summed E-state index contributed by atoms with van der Waals surface area (Å²) in [5, 5.41) is 18.8. The van der Waals surface area contributed by atoms with E-state index in [1.54, 1.807) is 0 Å². The maximum absolute atomic E-state index is 9.41. The van der Waals surface area contributed by atoms with Crippen molar-refractivity contribution in [1.82, 2.24) is 0 Å². The number of aliphatic carboxylic acids is 2. The fourth-order valence-corrected chi connectivity index (χ4v) is 0.136. The Balaban J connectivity index is 0. The molecule has 4 radical (unpaired) electrons. The first kappa shape index (κ1) is 11.3. The van der Waals surface area contributed by atoms with E-state index in [2.05, 4.69) is 0 Å². The van der Waals surface area contributed by atoms with Crippen molar-refractivity contribution in [3.63, 3.8) is 0 Å². The number of hydrogen-bond acceptors (Lipinski definition) is 4. The van der Waals surface area contributed by atoms with Gasteiger partial charge >= 0.3 is 0 Å². The molecule has 0 saturated heterocycles. The van der Waals surface area contributed by atoms with Crippen molar-refractivity contribution in [3.05, 3.63) is 12.2 Å². The maximum Gasteiger partial charge on any atom is 0.0643 e. The summed E-state index contributed by atoms with van der Waals surface area (Å²) in [6, 6.07) is 0. The molecule has 48 valence electrons. The van der Waals surface area contributed by atoms with Crippen molar-refractivity contribution in [2.45, 2.75) is 0 Å². The molecule has 0 heterocycles. The van der Waals surface area contributed by atoms with E-state index in [-0.39, 0.29) is 23.9 Å². The number of hydrogen-bond donors (Lipinski definition) is 0. The zero-order valence-electron chi connectivity index (χ0n) is 4.29. The first-order valence-corrected chi connectivity index (χ1v) is 1.73. The van der Waals surface area contributed by atoms with Crippen LogP contribution in [-0.2, 0) is 9.59 Å². The Labute approximate surface area is 68.1 Å². The fourth-order valence-electron chi connectivity index (χ4n) is 0.136. The summed E-state index contributed by atoms with van der Waals surface area (Å²) in [4.78, 5) is 18.8. The van der Waals surface area contributed by atoms with Crippen LogP contribution in [0.5, 0.6) is 0 Å². The van der Waals surface area contributed by atoms with E-state index in [0.29, 0.717) is 12.2 Å². The van der Waals surface area contributed by atoms with E-state index in [0.717, 1.165) is 0 Å². The van der Waals surface area contributed by atoms with Gasteiger partial charge in [0.25, 0.3) is 0 Å². The van der Waals surface area contributed by atoms with Gasteiger partial charge in [-0.3, -0.25) is 0 Å². The third-order valence-corrected chi connectivity index (χ3v) is 0.355. The molecule has 0 aliphatic rings. The minimum Gasteiger partial charge on any atom is -0.545 e. The topological polar surface area (TPSA) is 80.3 Å². The molecule has 9 heavy (non-hydrogen) atoms. The van der Waals surface area contributed by atoms with Crippen LogP contribution in [0.15, 0.2) is 12.2 Å². The van der Waals surface area contributed by atoms with Gasteiger partial charge in [-0.2, -0.15) is 0 Å². The minimum absolute atomic E-state index is 0. The average Bonchev–Trinajstić information content (AvgIpc) is 1.61. The van der Waals surface area contributed by atoms with Gasteiger partial charge in [-0.05, 0) is 12.2 Å². The van der Waals surface area contributed by atoms with Crippen molar-refractivity contribution >= 4 is 35.8 Å². The summed E-state index contributed by atoms with van der Waals surface area (Å²) in [6.45, 7) is 0. The van der Waals surface area contributed by atoms with Crippen LogP contribution < -0.4 is 10.2 Å². The van der Waals surface area contributed by atoms with Gasteiger partial charge in [0.05, 0.1) is 11.9 Å². The predicted octanol–water partition coefficient (Wildman–Crippen LogP) is -3.34. The van der Waals surface area contributed by atoms with E-state index in [1.165, 1.54) is 0 Å². The fraction of sp³-hybridized carbons (Fsp3) is 0.